The lowest BCUT2D eigenvalue weighted by molar-refractivity contribution is 0.0587. The van der Waals surface area contributed by atoms with Crippen molar-refractivity contribution in [2.45, 2.75) is 52.1 Å². The van der Waals surface area contributed by atoms with Gasteiger partial charge in [-0.15, -0.1) is 0 Å². The fourth-order valence-electron chi connectivity index (χ4n) is 2.49. The Morgan fingerprint density at radius 1 is 1.22 bits per heavy atom. The Balaban J connectivity index is 2.49. The number of nitrogens with one attached hydrogen (secondary N) is 1. The fourth-order valence-corrected chi connectivity index (χ4v) is 3.21. The number of nitrogens with zero attached hydrogens (tertiary/aromatic N) is 4. The van der Waals surface area contributed by atoms with E-state index in [9.17, 15) is 10.0 Å². The molecule has 0 aliphatic rings. The van der Waals surface area contributed by atoms with Gasteiger partial charge in [-0.2, -0.15) is 9.97 Å². The second kappa shape index (κ2) is 10.4. The number of ether oxygens (including phenoxy) is 2. The maximum atomic E-state index is 12.6. The van der Waals surface area contributed by atoms with Crippen LogP contribution in [0.5, 0.6) is 5.88 Å². The number of anilines is 3. The monoisotopic (exact) mass is 459 g/mol. The summed E-state index contributed by atoms with van der Waals surface area (Å²) in [5, 5.41) is 15.6. The molecule has 0 aliphatic carbocycles. The molecule has 1 heterocycles. The van der Waals surface area contributed by atoms with Crippen molar-refractivity contribution in [1.29, 1.82) is 0 Å². The Hall–Kier alpha value is -3.14. The van der Waals surface area contributed by atoms with Gasteiger partial charge in [0.05, 0.1) is 12.8 Å². The van der Waals surface area contributed by atoms with Crippen LogP contribution in [0.4, 0.5) is 22.2 Å². The zero-order valence-corrected chi connectivity index (χ0v) is 20.8. The number of hydrogen-bond acceptors (Lipinski definition) is 8. The SMILES string of the molecule is CN(C(=O)OC(C)(C)C)c1nc(Nc2ccccc2)c(/C=N/O)c(OCC[Si](C)(C)C)n1. The van der Waals surface area contributed by atoms with Crippen LogP contribution in [0.25, 0.3) is 0 Å². The Morgan fingerprint density at radius 2 is 1.88 bits per heavy atom. The maximum absolute atomic E-state index is 12.6. The first kappa shape index (κ1) is 25.1. The van der Waals surface area contributed by atoms with Crippen LogP contribution in [0.2, 0.25) is 25.7 Å². The molecule has 0 atom stereocenters. The normalized spacial score (nSPS) is 12.0. The molecule has 174 valence electrons. The van der Waals surface area contributed by atoms with Gasteiger partial charge in [0.15, 0.2) is 0 Å². The van der Waals surface area contributed by atoms with Crippen molar-refractivity contribution >= 4 is 37.8 Å². The summed E-state index contributed by atoms with van der Waals surface area (Å²) in [7, 11) is 0.176. The van der Waals surface area contributed by atoms with E-state index < -0.39 is 19.8 Å². The average molecular weight is 460 g/mol. The van der Waals surface area contributed by atoms with E-state index in [2.05, 4.69) is 40.1 Å². The molecule has 0 unspecified atom stereocenters. The molecule has 1 aromatic carbocycles. The first-order chi connectivity index (χ1) is 14.9. The zero-order valence-electron chi connectivity index (χ0n) is 19.8. The molecule has 0 spiro atoms. The minimum Gasteiger partial charge on any atom is -0.477 e. The van der Waals surface area contributed by atoms with Crippen molar-refractivity contribution in [2.24, 2.45) is 5.16 Å². The topological polar surface area (TPSA) is 109 Å². The first-order valence-corrected chi connectivity index (χ1v) is 14.1. The molecular formula is C22H33N5O4Si. The van der Waals surface area contributed by atoms with Crippen molar-refractivity contribution < 1.29 is 19.5 Å². The number of carbonyl (C=O) groups excluding carboxylic acids is 1. The number of benzene rings is 1. The van der Waals surface area contributed by atoms with Gasteiger partial charge in [-0.05, 0) is 38.9 Å². The summed E-state index contributed by atoms with van der Waals surface area (Å²) in [5.74, 6) is 0.632. The predicted molar refractivity (Wildman–Crippen MR) is 129 cm³/mol. The molecule has 0 bridgehead atoms. The molecule has 0 saturated heterocycles. The Bertz CT molecular complexity index is 940. The largest absolute Gasteiger partial charge is 0.477 e. The minimum absolute atomic E-state index is 0.0933. The number of rotatable bonds is 8. The Labute approximate surface area is 190 Å². The van der Waals surface area contributed by atoms with Crippen LogP contribution in [-0.2, 0) is 4.74 Å². The molecular weight excluding hydrogens is 426 g/mol. The summed E-state index contributed by atoms with van der Waals surface area (Å²) in [4.78, 5) is 22.7. The number of amides is 1. The summed E-state index contributed by atoms with van der Waals surface area (Å²) < 4.78 is 11.4. The molecule has 1 aromatic heterocycles. The number of oxime groups is 1. The van der Waals surface area contributed by atoms with E-state index in [1.807, 2.05) is 30.3 Å². The van der Waals surface area contributed by atoms with Crippen LogP contribution >= 0.6 is 0 Å². The van der Waals surface area contributed by atoms with Gasteiger partial charge in [0, 0.05) is 20.8 Å². The molecule has 2 aromatic rings. The summed E-state index contributed by atoms with van der Waals surface area (Å²) in [6, 6.07) is 10.3. The van der Waals surface area contributed by atoms with Crippen LogP contribution in [0.3, 0.4) is 0 Å². The van der Waals surface area contributed by atoms with Crippen molar-refractivity contribution in [1.82, 2.24) is 9.97 Å². The van der Waals surface area contributed by atoms with E-state index in [4.69, 9.17) is 9.47 Å². The molecule has 9 nitrogen and oxygen atoms in total. The summed E-state index contributed by atoms with van der Waals surface area (Å²) in [5.41, 5.74) is 0.461. The van der Waals surface area contributed by atoms with E-state index in [0.29, 0.717) is 18.0 Å². The summed E-state index contributed by atoms with van der Waals surface area (Å²) in [6.07, 6.45) is 0.617. The van der Waals surface area contributed by atoms with E-state index in [1.165, 1.54) is 18.2 Å². The first-order valence-electron chi connectivity index (χ1n) is 10.4. The van der Waals surface area contributed by atoms with Crippen LogP contribution in [-0.4, -0.2) is 54.8 Å². The van der Waals surface area contributed by atoms with Gasteiger partial charge in [0.1, 0.15) is 17.0 Å². The molecule has 1 amide bonds. The Kier molecular flexibility index (Phi) is 8.20. The van der Waals surface area contributed by atoms with E-state index in [1.54, 1.807) is 20.8 Å². The number of carbonyl (C=O) groups is 1. The molecule has 32 heavy (non-hydrogen) atoms. The van der Waals surface area contributed by atoms with Gasteiger partial charge in [-0.1, -0.05) is 43.0 Å². The lowest BCUT2D eigenvalue weighted by Gasteiger charge is -2.24. The lowest BCUT2D eigenvalue weighted by atomic mass is 10.2. The molecule has 0 radical (unpaired) electrons. The van der Waals surface area contributed by atoms with Gasteiger partial charge in [0.25, 0.3) is 0 Å². The Morgan fingerprint density at radius 3 is 2.44 bits per heavy atom. The van der Waals surface area contributed by atoms with Gasteiger partial charge in [-0.25, -0.2) is 9.69 Å². The van der Waals surface area contributed by atoms with Gasteiger partial charge in [0.2, 0.25) is 11.8 Å². The van der Waals surface area contributed by atoms with E-state index in [-0.39, 0.29) is 11.8 Å². The van der Waals surface area contributed by atoms with E-state index in [0.717, 1.165) is 11.7 Å². The second-order valence-corrected chi connectivity index (χ2v) is 15.1. The van der Waals surface area contributed by atoms with Gasteiger partial charge >= 0.3 is 6.09 Å². The third-order valence-electron chi connectivity index (χ3n) is 4.18. The van der Waals surface area contributed by atoms with Crippen molar-refractivity contribution in [3.05, 3.63) is 35.9 Å². The number of aromatic nitrogens is 2. The highest BCUT2D eigenvalue weighted by Crippen LogP contribution is 2.28. The highest BCUT2D eigenvalue weighted by molar-refractivity contribution is 6.76. The third kappa shape index (κ3) is 7.84. The van der Waals surface area contributed by atoms with E-state index >= 15 is 0 Å². The molecule has 0 fully saturated rings. The average Bonchev–Trinajstić information content (AvgIpc) is 2.68. The quantitative estimate of drug-likeness (QED) is 0.244. The van der Waals surface area contributed by atoms with Crippen molar-refractivity contribution in [3.8, 4) is 5.88 Å². The molecule has 0 aliphatic heterocycles. The highest BCUT2D eigenvalue weighted by atomic mass is 28.3. The van der Waals surface area contributed by atoms with Crippen LogP contribution < -0.4 is 15.0 Å². The van der Waals surface area contributed by atoms with Crippen LogP contribution in [0.15, 0.2) is 35.5 Å². The fraction of sp³-hybridized carbons (Fsp3) is 0.455. The molecule has 10 heteroatoms. The lowest BCUT2D eigenvalue weighted by Crippen LogP contribution is -2.35. The predicted octanol–water partition coefficient (Wildman–Crippen LogP) is 5.12. The van der Waals surface area contributed by atoms with Gasteiger partial charge in [-0.3, -0.25) is 0 Å². The summed E-state index contributed by atoms with van der Waals surface area (Å²) in [6.45, 7) is 12.5. The van der Waals surface area contributed by atoms with Crippen molar-refractivity contribution in [2.75, 3.05) is 23.9 Å². The minimum atomic E-state index is -1.35. The second-order valence-electron chi connectivity index (χ2n) is 9.53. The molecule has 2 N–H and O–H groups in total. The standard InChI is InChI=1S/C22H33N5O4Si/c1-22(2,3)31-21(28)27(4)20-25-18(24-16-11-9-8-10-12-16)17(15-23-29)19(26-20)30-13-14-32(5,6)7/h8-12,15,29H,13-14H2,1-7H3,(H,24,25,26)/b23-15+. The third-order valence-corrected chi connectivity index (χ3v) is 5.88. The molecule has 2 rings (SSSR count). The smallest absolute Gasteiger partial charge is 0.416 e. The van der Waals surface area contributed by atoms with Crippen LogP contribution in [0, 0.1) is 0 Å². The number of hydrogen-bond donors (Lipinski definition) is 2. The van der Waals surface area contributed by atoms with Crippen molar-refractivity contribution in [3.63, 3.8) is 0 Å². The summed E-state index contributed by atoms with van der Waals surface area (Å²) >= 11 is 0. The van der Waals surface area contributed by atoms with Crippen LogP contribution in [0.1, 0.15) is 26.3 Å². The maximum Gasteiger partial charge on any atom is 0.416 e. The highest BCUT2D eigenvalue weighted by Gasteiger charge is 2.25. The molecule has 0 saturated carbocycles. The zero-order chi connectivity index (χ0) is 23.9. The number of para-hydroxylation sites is 1. The van der Waals surface area contributed by atoms with Gasteiger partial charge < -0.3 is 20.0 Å².